The van der Waals surface area contributed by atoms with Gasteiger partial charge in [0.25, 0.3) is 11.8 Å². The molecule has 4 rings (SSSR count). The van der Waals surface area contributed by atoms with E-state index in [1.165, 1.54) is 5.56 Å². The minimum Gasteiger partial charge on any atom is -0.463 e. The predicted octanol–water partition coefficient (Wildman–Crippen LogP) is 4.28. The van der Waals surface area contributed by atoms with Crippen LogP contribution in [-0.2, 0) is 20.7 Å². The number of hydrogen-bond acceptors (Lipinski definition) is 6. The zero-order valence-electron chi connectivity index (χ0n) is 22.1. The van der Waals surface area contributed by atoms with Gasteiger partial charge < -0.3 is 14.6 Å². The van der Waals surface area contributed by atoms with E-state index >= 15 is 0 Å². The van der Waals surface area contributed by atoms with E-state index in [0.717, 1.165) is 17.7 Å². The third-order valence-electron chi connectivity index (χ3n) is 7.47. The predicted molar refractivity (Wildman–Crippen MR) is 139 cm³/mol. The first-order chi connectivity index (χ1) is 17.6. The van der Waals surface area contributed by atoms with Crippen LogP contribution in [0.5, 0.6) is 0 Å². The highest BCUT2D eigenvalue weighted by Gasteiger charge is 2.44. The molecule has 5 atom stereocenters. The molecule has 0 spiro atoms. The fourth-order valence-corrected chi connectivity index (χ4v) is 5.26. The van der Waals surface area contributed by atoms with Crippen molar-refractivity contribution in [1.82, 2.24) is 4.90 Å². The summed E-state index contributed by atoms with van der Waals surface area (Å²) in [4.78, 5) is 38.9. The lowest BCUT2D eigenvalue weighted by molar-refractivity contribution is -0.157. The van der Waals surface area contributed by atoms with Crippen LogP contribution in [0.3, 0.4) is 0 Å². The van der Waals surface area contributed by atoms with Gasteiger partial charge in [-0.1, -0.05) is 49.4 Å². The fourth-order valence-electron chi connectivity index (χ4n) is 5.26. The van der Waals surface area contributed by atoms with E-state index in [2.05, 4.69) is 19.1 Å². The van der Waals surface area contributed by atoms with Gasteiger partial charge in [-0.15, -0.1) is 0 Å². The van der Waals surface area contributed by atoms with E-state index in [9.17, 15) is 19.5 Å². The number of ether oxygens (including phenoxy) is 2. The highest BCUT2D eigenvalue weighted by Crippen LogP contribution is 2.38. The first-order valence-corrected chi connectivity index (χ1v) is 13.1. The summed E-state index contributed by atoms with van der Waals surface area (Å²) < 4.78 is 12.0. The number of fused-ring (bicyclic) bond motifs is 1. The summed E-state index contributed by atoms with van der Waals surface area (Å²) >= 11 is 0. The van der Waals surface area contributed by atoms with Gasteiger partial charge in [0.2, 0.25) is 0 Å². The smallest absolute Gasteiger partial charge is 0.311 e. The Balaban J connectivity index is 1.41. The van der Waals surface area contributed by atoms with E-state index in [0.29, 0.717) is 11.1 Å². The number of hydrogen-bond donors (Lipinski definition) is 1. The zero-order chi connectivity index (χ0) is 26.7. The van der Waals surface area contributed by atoms with Crippen LogP contribution in [0, 0.1) is 17.3 Å². The van der Waals surface area contributed by atoms with Gasteiger partial charge in [0.05, 0.1) is 41.4 Å². The van der Waals surface area contributed by atoms with Crippen LogP contribution in [0.4, 0.5) is 0 Å². The normalized spacial score (nSPS) is 24.3. The molecule has 2 heterocycles. The Kier molecular flexibility index (Phi) is 8.14. The molecule has 2 aliphatic rings. The van der Waals surface area contributed by atoms with Crippen molar-refractivity contribution in [2.45, 2.75) is 65.3 Å². The zero-order valence-corrected chi connectivity index (χ0v) is 22.1. The van der Waals surface area contributed by atoms with Crippen LogP contribution < -0.4 is 0 Å². The van der Waals surface area contributed by atoms with Crippen LogP contribution in [0.25, 0.3) is 0 Å². The van der Waals surface area contributed by atoms with E-state index in [-0.39, 0.29) is 61.4 Å². The topological polar surface area (TPSA) is 93.1 Å². The lowest BCUT2D eigenvalue weighted by atomic mass is 9.83. The Bertz CT molecular complexity index is 1090. The van der Waals surface area contributed by atoms with Gasteiger partial charge in [-0.2, -0.15) is 0 Å². The van der Waals surface area contributed by atoms with Crippen molar-refractivity contribution in [2.24, 2.45) is 17.3 Å². The molecule has 2 aromatic rings. The average Bonchev–Trinajstić information content (AvgIpc) is 3.29. The molecule has 1 saturated heterocycles. The standard InChI is InChI=1S/C30H37NO6/c1-19-22(15-14-20-10-6-5-7-11-20)26(18-36-29(35)30(2,3)4)37-25(19)16-21(32)17-31-27(33)23-12-8-9-13-24(23)28(31)34/h5-13,19,21-22,25-26,32H,14-18H2,1-4H3/t19-,21?,22?,25-,26+/m1/s1. The molecular weight excluding hydrogens is 470 g/mol. The Labute approximate surface area is 218 Å². The Morgan fingerprint density at radius 2 is 1.59 bits per heavy atom. The molecule has 0 bridgehead atoms. The molecule has 37 heavy (non-hydrogen) atoms. The number of aliphatic hydroxyl groups is 1. The van der Waals surface area contributed by atoms with Crippen molar-refractivity contribution >= 4 is 17.8 Å². The Morgan fingerprint density at radius 1 is 1.00 bits per heavy atom. The molecule has 2 unspecified atom stereocenters. The lowest BCUT2D eigenvalue weighted by Gasteiger charge is -2.24. The summed E-state index contributed by atoms with van der Waals surface area (Å²) in [5, 5.41) is 10.9. The maximum absolute atomic E-state index is 12.7. The number of imide groups is 1. The van der Waals surface area contributed by atoms with Crippen molar-refractivity contribution in [1.29, 1.82) is 0 Å². The van der Waals surface area contributed by atoms with Crippen LogP contribution >= 0.6 is 0 Å². The highest BCUT2D eigenvalue weighted by molar-refractivity contribution is 6.21. The first kappa shape index (κ1) is 27.0. The molecule has 1 fully saturated rings. The van der Waals surface area contributed by atoms with Gasteiger partial charge in [-0.05, 0) is 63.1 Å². The number of nitrogens with zero attached hydrogens (tertiary/aromatic N) is 1. The van der Waals surface area contributed by atoms with Crippen LogP contribution in [0.1, 0.15) is 66.8 Å². The molecule has 198 valence electrons. The number of carbonyl (C=O) groups excluding carboxylic acids is 3. The minimum absolute atomic E-state index is 0.0860. The van der Waals surface area contributed by atoms with Gasteiger partial charge in [0, 0.05) is 6.42 Å². The number of aliphatic hydroxyl groups excluding tert-OH is 1. The molecule has 1 N–H and O–H groups in total. The third kappa shape index (κ3) is 6.11. The van der Waals surface area contributed by atoms with Gasteiger partial charge in [0.1, 0.15) is 6.61 Å². The van der Waals surface area contributed by atoms with Crippen LogP contribution in [-0.4, -0.2) is 59.3 Å². The summed E-state index contributed by atoms with van der Waals surface area (Å²) in [6.45, 7) is 7.62. The number of esters is 1. The number of aryl methyl sites for hydroxylation is 1. The SMILES string of the molecule is C[C@@H]1C(CCc2ccccc2)[C@H](COC(=O)C(C)(C)C)O[C@@H]1CC(O)CN1C(=O)c2ccccc2C1=O. The lowest BCUT2D eigenvalue weighted by Crippen LogP contribution is -2.38. The van der Waals surface area contributed by atoms with Crippen molar-refractivity contribution < 1.29 is 29.0 Å². The molecule has 2 amide bonds. The summed E-state index contributed by atoms with van der Waals surface area (Å²) in [6, 6.07) is 16.9. The first-order valence-electron chi connectivity index (χ1n) is 13.1. The summed E-state index contributed by atoms with van der Waals surface area (Å²) in [6.07, 6.45) is 0.493. The fraction of sp³-hybridized carbons (Fsp3) is 0.500. The molecule has 2 aromatic carbocycles. The molecule has 0 aliphatic carbocycles. The minimum atomic E-state index is -0.930. The number of β-amino-alcohol motifs (C(OH)–C–C–N with tert-alkyl or cyclic N) is 1. The van der Waals surface area contributed by atoms with E-state index in [4.69, 9.17) is 9.47 Å². The van der Waals surface area contributed by atoms with Crippen molar-refractivity contribution in [3.63, 3.8) is 0 Å². The maximum atomic E-state index is 12.7. The molecule has 7 nitrogen and oxygen atoms in total. The second-order valence-corrected chi connectivity index (χ2v) is 11.3. The third-order valence-corrected chi connectivity index (χ3v) is 7.47. The number of benzene rings is 2. The Morgan fingerprint density at radius 3 is 2.19 bits per heavy atom. The molecule has 7 heteroatoms. The quantitative estimate of drug-likeness (QED) is 0.402. The van der Waals surface area contributed by atoms with Crippen LogP contribution in [0.2, 0.25) is 0 Å². The Hall–Kier alpha value is -3.03. The number of rotatable bonds is 9. The highest BCUT2D eigenvalue weighted by atomic mass is 16.6. The van der Waals surface area contributed by atoms with Crippen molar-refractivity contribution in [3.8, 4) is 0 Å². The summed E-state index contributed by atoms with van der Waals surface area (Å²) in [5.74, 6) is -0.816. The summed E-state index contributed by atoms with van der Waals surface area (Å²) in [5.41, 5.74) is 1.36. The molecule has 2 aliphatic heterocycles. The molecular formula is C30H37NO6. The van der Waals surface area contributed by atoms with E-state index in [1.807, 2.05) is 39.0 Å². The van der Waals surface area contributed by atoms with Gasteiger partial charge in [-0.3, -0.25) is 19.3 Å². The van der Waals surface area contributed by atoms with Crippen molar-refractivity contribution in [2.75, 3.05) is 13.2 Å². The monoisotopic (exact) mass is 507 g/mol. The molecule has 0 radical (unpaired) electrons. The van der Waals surface area contributed by atoms with Crippen LogP contribution in [0.15, 0.2) is 54.6 Å². The maximum Gasteiger partial charge on any atom is 0.311 e. The van der Waals surface area contributed by atoms with Gasteiger partial charge in [-0.25, -0.2) is 0 Å². The molecule has 0 saturated carbocycles. The van der Waals surface area contributed by atoms with E-state index < -0.39 is 11.5 Å². The summed E-state index contributed by atoms with van der Waals surface area (Å²) in [7, 11) is 0. The molecule has 0 aromatic heterocycles. The second-order valence-electron chi connectivity index (χ2n) is 11.3. The number of amides is 2. The van der Waals surface area contributed by atoms with Crippen molar-refractivity contribution in [3.05, 3.63) is 71.3 Å². The second kappa shape index (κ2) is 11.2. The largest absolute Gasteiger partial charge is 0.463 e. The van der Waals surface area contributed by atoms with E-state index in [1.54, 1.807) is 24.3 Å². The van der Waals surface area contributed by atoms with Gasteiger partial charge in [0.15, 0.2) is 0 Å². The average molecular weight is 508 g/mol. The van der Waals surface area contributed by atoms with Gasteiger partial charge >= 0.3 is 5.97 Å². The number of carbonyl (C=O) groups is 3.